The Bertz CT molecular complexity index is 657. The molecule has 0 unspecified atom stereocenters. The van der Waals surface area contributed by atoms with Gasteiger partial charge in [0.15, 0.2) is 5.96 Å². The first kappa shape index (κ1) is 21.7. The average Bonchev–Trinajstić information content (AvgIpc) is 2.71. The molecule has 0 aliphatic carbocycles. The number of rotatable bonds is 10. The molecule has 1 fully saturated rings. The Labute approximate surface area is 167 Å². The van der Waals surface area contributed by atoms with Gasteiger partial charge in [0.25, 0.3) is 5.91 Å². The maximum atomic E-state index is 12.4. The van der Waals surface area contributed by atoms with Gasteiger partial charge in [0.2, 0.25) is 5.91 Å². The highest BCUT2D eigenvalue weighted by molar-refractivity contribution is 5.97. The Balaban J connectivity index is 1.72. The van der Waals surface area contributed by atoms with Crippen LogP contribution in [0.15, 0.2) is 29.3 Å². The van der Waals surface area contributed by atoms with Gasteiger partial charge in [0, 0.05) is 25.2 Å². The predicted molar refractivity (Wildman–Crippen MR) is 112 cm³/mol. The van der Waals surface area contributed by atoms with Gasteiger partial charge < -0.3 is 21.3 Å². The SMILES string of the molecule is CCCCCCCCNC(N)=NCc1ccc(C(=O)N2CCNC(=O)C2)cc1. The van der Waals surface area contributed by atoms with E-state index in [9.17, 15) is 9.59 Å². The molecule has 0 atom stereocenters. The quantitative estimate of drug-likeness (QED) is 0.325. The smallest absolute Gasteiger partial charge is 0.254 e. The van der Waals surface area contributed by atoms with Crippen LogP contribution in [0, 0.1) is 0 Å². The number of aliphatic imine (C=N–C) groups is 1. The molecule has 7 heteroatoms. The molecule has 1 aliphatic heterocycles. The van der Waals surface area contributed by atoms with E-state index in [2.05, 4.69) is 22.5 Å². The third-order valence-electron chi connectivity index (χ3n) is 4.79. The summed E-state index contributed by atoms with van der Waals surface area (Å²) in [7, 11) is 0. The molecule has 0 bridgehead atoms. The van der Waals surface area contributed by atoms with Crippen molar-refractivity contribution in [2.24, 2.45) is 10.7 Å². The van der Waals surface area contributed by atoms with Crippen molar-refractivity contribution in [3.8, 4) is 0 Å². The molecular formula is C21H33N5O2. The highest BCUT2D eigenvalue weighted by Gasteiger charge is 2.21. The fourth-order valence-electron chi connectivity index (χ4n) is 3.10. The molecule has 0 saturated carbocycles. The second-order valence-electron chi connectivity index (χ2n) is 7.17. The van der Waals surface area contributed by atoms with Gasteiger partial charge in [-0.15, -0.1) is 0 Å². The molecule has 1 saturated heterocycles. The van der Waals surface area contributed by atoms with Crippen LogP contribution in [0.4, 0.5) is 0 Å². The number of unbranched alkanes of at least 4 members (excludes halogenated alkanes) is 5. The molecule has 2 rings (SSSR count). The van der Waals surface area contributed by atoms with Crippen LogP contribution in [0.25, 0.3) is 0 Å². The van der Waals surface area contributed by atoms with Crippen molar-refractivity contribution in [1.82, 2.24) is 15.5 Å². The highest BCUT2D eigenvalue weighted by atomic mass is 16.2. The van der Waals surface area contributed by atoms with Crippen molar-refractivity contribution >= 4 is 17.8 Å². The summed E-state index contributed by atoms with van der Waals surface area (Å²) in [5.41, 5.74) is 7.48. The number of nitrogens with two attached hydrogens (primary N) is 1. The number of piperazine rings is 1. The maximum Gasteiger partial charge on any atom is 0.254 e. The Kier molecular flexibility index (Phi) is 9.31. The van der Waals surface area contributed by atoms with Crippen LogP contribution < -0.4 is 16.4 Å². The Morgan fingerprint density at radius 2 is 1.89 bits per heavy atom. The van der Waals surface area contributed by atoms with Crippen LogP contribution in [0.3, 0.4) is 0 Å². The van der Waals surface area contributed by atoms with Crippen molar-refractivity contribution in [2.45, 2.75) is 52.0 Å². The normalized spacial score (nSPS) is 14.7. The van der Waals surface area contributed by atoms with Crippen LogP contribution in [-0.2, 0) is 11.3 Å². The summed E-state index contributed by atoms with van der Waals surface area (Å²) >= 11 is 0. The number of hydrogen-bond acceptors (Lipinski definition) is 3. The molecule has 154 valence electrons. The third kappa shape index (κ3) is 7.58. The number of hydrogen-bond donors (Lipinski definition) is 3. The molecular weight excluding hydrogens is 354 g/mol. The molecule has 1 aromatic rings. The molecule has 0 aromatic heterocycles. The van der Waals surface area contributed by atoms with Gasteiger partial charge >= 0.3 is 0 Å². The first-order valence-electron chi connectivity index (χ1n) is 10.3. The van der Waals surface area contributed by atoms with Gasteiger partial charge in [-0.2, -0.15) is 0 Å². The highest BCUT2D eigenvalue weighted by Crippen LogP contribution is 2.10. The molecule has 1 heterocycles. The number of nitrogens with one attached hydrogen (secondary N) is 2. The minimum Gasteiger partial charge on any atom is -0.370 e. The summed E-state index contributed by atoms with van der Waals surface area (Å²) in [6, 6.07) is 7.31. The molecule has 4 N–H and O–H groups in total. The van der Waals surface area contributed by atoms with Crippen LogP contribution in [0.1, 0.15) is 61.4 Å². The predicted octanol–water partition coefficient (Wildman–Crippen LogP) is 2.02. The largest absolute Gasteiger partial charge is 0.370 e. The minimum absolute atomic E-state index is 0.116. The maximum absolute atomic E-state index is 12.4. The van der Waals surface area contributed by atoms with Gasteiger partial charge in [-0.05, 0) is 24.1 Å². The lowest BCUT2D eigenvalue weighted by Gasteiger charge is -2.26. The van der Waals surface area contributed by atoms with E-state index in [0.717, 1.165) is 18.5 Å². The summed E-state index contributed by atoms with van der Waals surface area (Å²) in [6.45, 7) is 4.69. The summed E-state index contributed by atoms with van der Waals surface area (Å²) in [5, 5.41) is 5.87. The summed E-state index contributed by atoms with van der Waals surface area (Å²) < 4.78 is 0. The van der Waals surface area contributed by atoms with E-state index in [0.29, 0.717) is 31.2 Å². The fourth-order valence-corrected chi connectivity index (χ4v) is 3.10. The van der Waals surface area contributed by atoms with Gasteiger partial charge in [-0.1, -0.05) is 51.2 Å². The number of amides is 2. The third-order valence-corrected chi connectivity index (χ3v) is 4.79. The summed E-state index contributed by atoms with van der Waals surface area (Å²) in [4.78, 5) is 29.8. The Morgan fingerprint density at radius 3 is 2.61 bits per heavy atom. The molecule has 1 aliphatic rings. The molecule has 0 radical (unpaired) electrons. The second kappa shape index (κ2) is 12.0. The zero-order chi connectivity index (χ0) is 20.2. The number of carbonyl (C=O) groups excluding carboxylic acids is 2. The van der Waals surface area contributed by atoms with Crippen LogP contribution in [0.5, 0.6) is 0 Å². The summed E-state index contributed by atoms with van der Waals surface area (Å²) in [5.74, 6) is 0.215. The van der Waals surface area contributed by atoms with Gasteiger partial charge in [0.1, 0.15) is 0 Å². The van der Waals surface area contributed by atoms with E-state index in [1.165, 1.54) is 32.1 Å². The molecule has 1 aromatic carbocycles. The number of benzene rings is 1. The standard InChI is InChI=1S/C21H33N5O2/c1-2-3-4-5-6-7-12-24-21(22)25-15-17-8-10-18(11-9-17)20(28)26-14-13-23-19(27)16-26/h8-11H,2-7,12-16H2,1H3,(H,23,27)(H3,22,24,25). The van der Waals surface area contributed by atoms with Crippen molar-refractivity contribution in [2.75, 3.05) is 26.2 Å². The van der Waals surface area contributed by atoms with Crippen molar-refractivity contribution < 1.29 is 9.59 Å². The number of guanidine groups is 1. The Morgan fingerprint density at radius 1 is 1.18 bits per heavy atom. The van der Waals surface area contributed by atoms with Gasteiger partial charge in [-0.25, -0.2) is 4.99 Å². The van der Waals surface area contributed by atoms with E-state index < -0.39 is 0 Å². The second-order valence-corrected chi connectivity index (χ2v) is 7.17. The first-order chi connectivity index (χ1) is 13.6. The van der Waals surface area contributed by atoms with Crippen LogP contribution in [0.2, 0.25) is 0 Å². The molecule has 0 spiro atoms. The summed E-state index contributed by atoms with van der Waals surface area (Å²) in [6.07, 6.45) is 7.49. The minimum atomic E-state index is -0.120. The molecule has 7 nitrogen and oxygen atoms in total. The lowest BCUT2D eigenvalue weighted by molar-refractivity contribution is -0.123. The lowest BCUT2D eigenvalue weighted by Crippen LogP contribution is -2.49. The van der Waals surface area contributed by atoms with Crippen LogP contribution in [-0.4, -0.2) is 48.9 Å². The van der Waals surface area contributed by atoms with Gasteiger partial charge in [-0.3, -0.25) is 9.59 Å². The van der Waals surface area contributed by atoms with E-state index in [1.807, 2.05) is 12.1 Å². The molecule has 2 amide bonds. The zero-order valence-corrected chi connectivity index (χ0v) is 16.9. The number of carbonyl (C=O) groups is 2. The molecule has 28 heavy (non-hydrogen) atoms. The fraction of sp³-hybridized carbons (Fsp3) is 0.571. The Hall–Kier alpha value is -2.57. The first-order valence-corrected chi connectivity index (χ1v) is 10.3. The van der Waals surface area contributed by atoms with Gasteiger partial charge in [0.05, 0.1) is 13.1 Å². The van der Waals surface area contributed by atoms with Crippen LogP contribution >= 0.6 is 0 Å². The van der Waals surface area contributed by atoms with Crippen molar-refractivity contribution in [3.05, 3.63) is 35.4 Å². The van der Waals surface area contributed by atoms with E-state index in [1.54, 1.807) is 17.0 Å². The average molecular weight is 388 g/mol. The lowest BCUT2D eigenvalue weighted by atomic mass is 10.1. The topological polar surface area (TPSA) is 99.8 Å². The van der Waals surface area contributed by atoms with E-state index >= 15 is 0 Å². The van der Waals surface area contributed by atoms with Crippen molar-refractivity contribution in [1.29, 1.82) is 0 Å². The zero-order valence-electron chi connectivity index (χ0n) is 16.9. The van der Waals surface area contributed by atoms with E-state index in [4.69, 9.17) is 5.73 Å². The van der Waals surface area contributed by atoms with E-state index in [-0.39, 0.29) is 18.4 Å². The van der Waals surface area contributed by atoms with Crippen molar-refractivity contribution in [3.63, 3.8) is 0 Å². The monoisotopic (exact) mass is 387 g/mol. The number of nitrogens with zero attached hydrogens (tertiary/aromatic N) is 2.